The third-order valence-corrected chi connectivity index (χ3v) is 6.20. The van der Waals surface area contributed by atoms with Gasteiger partial charge in [0.2, 0.25) is 0 Å². The lowest BCUT2D eigenvalue weighted by atomic mass is 10.0. The lowest BCUT2D eigenvalue weighted by molar-refractivity contribution is 0.0529. The second kappa shape index (κ2) is 6.57. The highest BCUT2D eigenvalue weighted by Crippen LogP contribution is 2.48. The Kier molecular flexibility index (Phi) is 4.02. The Morgan fingerprint density at radius 2 is 1.71 bits per heavy atom. The highest BCUT2D eigenvalue weighted by molar-refractivity contribution is 7.99. The van der Waals surface area contributed by atoms with Gasteiger partial charge in [-0.15, -0.1) is 0 Å². The largest absolute Gasteiger partial charge is 0.462 e. The monoisotopic (exact) mass is 385 g/mol. The number of carbonyl (C=O) groups is 1. The molecule has 0 N–H and O–H groups in total. The molecule has 0 bridgehead atoms. The number of nitrogens with zero attached hydrogens (tertiary/aromatic N) is 1. The van der Waals surface area contributed by atoms with Crippen molar-refractivity contribution in [3.8, 4) is 16.9 Å². The number of hydrogen-bond acceptors (Lipinski definition) is 3. The van der Waals surface area contributed by atoms with Gasteiger partial charge < -0.3 is 9.30 Å². The van der Waals surface area contributed by atoms with Gasteiger partial charge in [-0.1, -0.05) is 65.9 Å². The van der Waals surface area contributed by atoms with Gasteiger partial charge in [0.15, 0.2) is 0 Å². The summed E-state index contributed by atoms with van der Waals surface area (Å²) < 4.78 is 7.70. The predicted octanol–water partition coefficient (Wildman–Crippen LogP) is 6.25. The molecule has 0 unspecified atom stereocenters. The van der Waals surface area contributed by atoms with E-state index in [4.69, 9.17) is 4.74 Å². The molecule has 4 aromatic rings. The average Bonchev–Trinajstić information content (AvgIpc) is 3.06. The minimum Gasteiger partial charge on any atom is -0.462 e. The van der Waals surface area contributed by atoms with Gasteiger partial charge in [0.05, 0.1) is 29.1 Å². The first-order valence-electron chi connectivity index (χ1n) is 9.38. The van der Waals surface area contributed by atoms with E-state index in [-0.39, 0.29) is 5.97 Å². The zero-order chi connectivity index (χ0) is 19.3. The summed E-state index contributed by atoms with van der Waals surface area (Å²) in [6.07, 6.45) is 0. The molecule has 1 aromatic heterocycles. The summed E-state index contributed by atoms with van der Waals surface area (Å²) in [5.41, 5.74) is 5.91. The molecule has 0 saturated heterocycles. The van der Waals surface area contributed by atoms with Gasteiger partial charge in [-0.3, -0.25) is 0 Å². The van der Waals surface area contributed by atoms with Gasteiger partial charge in [-0.2, -0.15) is 0 Å². The van der Waals surface area contributed by atoms with Crippen LogP contribution in [0.25, 0.3) is 27.8 Å². The molecule has 0 amide bonds. The van der Waals surface area contributed by atoms with Crippen molar-refractivity contribution in [3.63, 3.8) is 0 Å². The fourth-order valence-electron chi connectivity index (χ4n) is 3.87. The molecule has 0 fully saturated rings. The maximum atomic E-state index is 13.1. The molecule has 2 heterocycles. The molecule has 5 rings (SSSR count). The Hall–Kier alpha value is -2.98. The molecule has 0 radical (unpaired) electrons. The zero-order valence-electron chi connectivity index (χ0n) is 15.7. The standard InChI is InChI=1S/C24H19NO2S/c1-3-27-24(26)21-17-7-6-10-20-23(17)25(18-8-4-5-9-19(18)28-20)22(21)16-13-11-15(2)12-14-16/h4-14H,3H2,1-2H3. The molecule has 0 atom stereocenters. The van der Waals surface area contributed by atoms with E-state index in [1.165, 1.54) is 10.5 Å². The summed E-state index contributed by atoms with van der Waals surface area (Å²) in [5.74, 6) is -0.275. The fraction of sp³-hybridized carbons (Fsp3) is 0.125. The second-order valence-electron chi connectivity index (χ2n) is 6.87. The van der Waals surface area contributed by atoms with Crippen LogP contribution in [0, 0.1) is 6.92 Å². The van der Waals surface area contributed by atoms with Crippen LogP contribution in [0.5, 0.6) is 0 Å². The van der Waals surface area contributed by atoms with E-state index in [1.807, 2.05) is 25.1 Å². The number of benzene rings is 3. The molecule has 0 aliphatic carbocycles. The molecule has 4 heteroatoms. The maximum Gasteiger partial charge on any atom is 0.340 e. The Morgan fingerprint density at radius 3 is 2.50 bits per heavy atom. The molecule has 138 valence electrons. The third-order valence-electron chi connectivity index (χ3n) is 5.08. The van der Waals surface area contributed by atoms with Gasteiger partial charge in [-0.05, 0) is 37.6 Å². The molecule has 0 spiro atoms. The SMILES string of the molecule is CCOC(=O)c1c(-c2ccc(C)cc2)n2c3c(cccc13)Sc1ccccc1-2. The molecular formula is C24H19NO2S. The van der Waals surface area contributed by atoms with Crippen LogP contribution in [0.4, 0.5) is 0 Å². The summed E-state index contributed by atoms with van der Waals surface area (Å²) in [4.78, 5) is 15.4. The van der Waals surface area contributed by atoms with E-state index in [1.54, 1.807) is 11.8 Å². The minimum absolute atomic E-state index is 0.275. The summed E-state index contributed by atoms with van der Waals surface area (Å²) in [7, 11) is 0. The third kappa shape index (κ3) is 2.49. The lowest BCUT2D eigenvalue weighted by Crippen LogP contribution is -2.08. The van der Waals surface area contributed by atoms with Crippen molar-refractivity contribution in [1.29, 1.82) is 0 Å². The van der Waals surface area contributed by atoms with Crippen molar-refractivity contribution in [1.82, 2.24) is 4.57 Å². The van der Waals surface area contributed by atoms with Gasteiger partial charge in [0.1, 0.15) is 0 Å². The van der Waals surface area contributed by atoms with E-state index in [0.717, 1.165) is 32.7 Å². The van der Waals surface area contributed by atoms with Crippen LogP contribution in [-0.4, -0.2) is 17.1 Å². The van der Waals surface area contributed by atoms with Gasteiger partial charge in [-0.25, -0.2) is 4.79 Å². The first-order chi connectivity index (χ1) is 13.7. The normalized spacial score (nSPS) is 12.1. The number of hydrogen-bond donors (Lipinski definition) is 0. The van der Waals surface area contributed by atoms with Crippen molar-refractivity contribution in [2.75, 3.05) is 6.61 Å². The topological polar surface area (TPSA) is 31.2 Å². The Morgan fingerprint density at radius 1 is 0.964 bits per heavy atom. The fourth-order valence-corrected chi connectivity index (χ4v) is 4.96. The van der Waals surface area contributed by atoms with E-state index in [9.17, 15) is 4.79 Å². The summed E-state index contributed by atoms with van der Waals surface area (Å²) in [5, 5.41) is 0.938. The number of esters is 1. The first kappa shape index (κ1) is 17.1. The van der Waals surface area contributed by atoms with Crippen molar-refractivity contribution >= 4 is 28.6 Å². The molecule has 3 nitrogen and oxygen atoms in total. The van der Waals surface area contributed by atoms with E-state index >= 15 is 0 Å². The predicted molar refractivity (Wildman–Crippen MR) is 114 cm³/mol. The molecular weight excluding hydrogens is 366 g/mol. The van der Waals surface area contributed by atoms with E-state index < -0.39 is 0 Å². The quantitative estimate of drug-likeness (QED) is 0.344. The number of aromatic nitrogens is 1. The van der Waals surface area contributed by atoms with Gasteiger partial charge >= 0.3 is 5.97 Å². The van der Waals surface area contributed by atoms with Crippen molar-refractivity contribution in [2.45, 2.75) is 23.6 Å². The number of carbonyl (C=O) groups excluding carboxylic acids is 1. The van der Waals surface area contributed by atoms with Crippen molar-refractivity contribution < 1.29 is 9.53 Å². The van der Waals surface area contributed by atoms with Crippen LogP contribution in [0.15, 0.2) is 76.5 Å². The van der Waals surface area contributed by atoms with Crippen LogP contribution >= 0.6 is 11.8 Å². The number of fused-ring (bicyclic) bond motifs is 2. The van der Waals surface area contributed by atoms with Crippen LogP contribution < -0.4 is 0 Å². The minimum atomic E-state index is -0.275. The van der Waals surface area contributed by atoms with Gasteiger partial charge in [0.25, 0.3) is 0 Å². The Labute approximate surface area is 167 Å². The Balaban J connectivity index is 1.95. The van der Waals surface area contributed by atoms with Crippen molar-refractivity contribution in [3.05, 3.63) is 77.9 Å². The van der Waals surface area contributed by atoms with Crippen LogP contribution in [0.2, 0.25) is 0 Å². The second-order valence-corrected chi connectivity index (χ2v) is 7.95. The first-order valence-corrected chi connectivity index (χ1v) is 10.2. The van der Waals surface area contributed by atoms with Crippen LogP contribution in [0.1, 0.15) is 22.8 Å². The highest BCUT2D eigenvalue weighted by Gasteiger charge is 2.30. The molecule has 0 saturated carbocycles. The molecule has 28 heavy (non-hydrogen) atoms. The molecule has 3 aromatic carbocycles. The maximum absolute atomic E-state index is 13.1. The average molecular weight is 385 g/mol. The smallest absolute Gasteiger partial charge is 0.340 e. The van der Waals surface area contributed by atoms with Crippen molar-refractivity contribution in [2.24, 2.45) is 0 Å². The van der Waals surface area contributed by atoms with Crippen LogP contribution in [-0.2, 0) is 4.74 Å². The number of aryl methyl sites for hydroxylation is 1. The van der Waals surface area contributed by atoms with E-state index in [2.05, 4.69) is 60.0 Å². The number of rotatable bonds is 3. The number of ether oxygens (including phenoxy) is 1. The van der Waals surface area contributed by atoms with E-state index in [0.29, 0.717) is 12.2 Å². The lowest BCUT2D eigenvalue weighted by Gasteiger charge is -2.21. The zero-order valence-corrected chi connectivity index (χ0v) is 16.5. The molecule has 1 aliphatic rings. The Bertz CT molecular complexity index is 1220. The van der Waals surface area contributed by atoms with Gasteiger partial charge in [0, 0.05) is 15.2 Å². The highest BCUT2D eigenvalue weighted by atomic mass is 32.2. The van der Waals surface area contributed by atoms with Crippen LogP contribution in [0.3, 0.4) is 0 Å². The summed E-state index contributed by atoms with van der Waals surface area (Å²) >= 11 is 1.75. The number of para-hydroxylation sites is 2. The summed E-state index contributed by atoms with van der Waals surface area (Å²) in [6, 6.07) is 22.8. The summed E-state index contributed by atoms with van der Waals surface area (Å²) in [6.45, 7) is 4.26. The molecule has 1 aliphatic heterocycles.